The Morgan fingerprint density at radius 2 is 1.81 bits per heavy atom. The van der Waals surface area contributed by atoms with Crippen LogP contribution in [0.5, 0.6) is 0 Å². The SMILES string of the molecule is O=C(Cc1ccccc1)N1CCNc2cnc(Nc3ccccc3)nc2C1. The van der Waals surface area contributed by atoms with Crippen molar-refractivity contribution < 1.29 is 4.79 Å². The molecule has 1 amide bonds. The fourth-order valence-corrected chi connectivity index (χ4v) is 3.08. The molecule has 4 rings (SSSR count). The predicted molar refractivity (Wildman–Crippen MR) is 106 cm³/mol. The average Bonchev–Trinajstić information content (AvgIpc) is 2.92. The number of hydrogen-bond acceptors (Lipinski definition) is 5. The Hall–Kier alpha value is -3.41. The first kappa shape index (κ1) is 17.0. The normalized spacial score (nSPS) is 13.3. The maximum absolute atomic E-state index is 12.7. The molecule has 2 N–H and O–H groups in total. The van der Waals surface area contributed by atoms with Crippen LogP contribution in [0.15, 0.2) is 66.9 Å². The zero-order chi connectivity index (χ0) is 18.5. The lowest BCUT2D eigenvalue weighted by molar-refractivity contribution is -0.130. The molecule has 0 saturated carbocycles. The summed E-state index contributed by atoms with van der Waals surface area (Å²) in [7, 11) is 0. The summed E-state index contributed by atoms with van der Waals surface area (Å²) in [5.74, 6) is 0.631. The Morgan fingerprint density at radius 3 is 2.59 bits per heavy atom. The lowest BCUT2D eigenvalue weighted by atomic mass is 10.1. The van der Waals surface area contributed by atoms with Gasteiger partial charge in [0.05, 0.1) is 30.5 Å². The molecule has 27 heavy (non-hydrogen) atoms. The second-order valence-corrected chi connectivity index (χ2v) is 6.45. The van der Waals surface area contributed by atoms with E-state index in [1.165, 1.54) is 0 Å². The van der Waals surface area contributed by atoms with E-state index < -0.39 is 0 Å². The van der Waals surface area contributed by atoms with Crippen LogP contribution >= 0.6 is 0 Å². The Labute approximate surface area is 158 Å². The number of anilines is 3. The molecule has 0 bridgehead atoms. The van der Waals surface area contributed by atoms with Crippen LogP contribution in [-0.4, -0.2) is 33.9 Å². The van der Waals surface area contributed by atoms with E-state index in [-0.39, 0.29) is 5.91 Å². The highest BCUT2D eigenvalue weighted by atomic mass is 16.2. The van der Waals surface area contributed by atoms with Gasteiger partial charge < -0.3 is 15.5 Å². The third-order valence-electron chi connectivity index (χ3n) is 4.49. The number of carbonyl (C=O) groups is 1. The Balaban J connectivity index is 1.50. The summed E-state index contributed by atoms with van der Waals surface area (Å²) in [4.78, 5) is 23.6. The fraction of sp³-hybridized carbons (Fsp3) is 0.190. The molecule has 0 spiro atoms. The van der Waals surface area contributed by atoms with Crippen LogP contribution in [0.1, 0.15) is 11.3 Å². The largest absolute Gasteiger partial charge is 0.380 e. The molecular weight excluding hydrogens is 338 g/mol. The van der Waals surface area contributed by atoms with Gasteiger partial charge in [0.1, 0.15) is 0 Å². The average molecular weight is 359 g/mol. The second-order valence-electron chi connectivity index (χ2n) is 6.45. The molecule has 0 aliphatic carbocycles. The number of aromatic nitrogens is 2. The van der Waals surface area contributed by atoms with Gasteiger partial charge in [0.25, 0.3) is 0 Å². The quantitative estimate of drug-likeness (QED) is 0.748. The molecule has 1 aliphatic rings. The minimum Gasteiger partial charge on any atom is -0.380 e. The summed E-state index contributed by atoms with van der Waals surface area (Å²) in [6, 6.07) is 19.6. The van der Waals surface area contributed by atoms with Crippen molar-refractivity contribution in [2.45, 2.75) is 13.0 Å². The minimum absolute atomic E-state index is 0.104. The smallest absolute Gasteiger partial charge is 0.227 e. The topological polar surface area (TPSA) is 70.2 Å². The molecule has 6 heteroatoms. The van der Waals surface area contributed by atoms with Crippen molar-refractivity contribution in [1.29, 1.82) is 0 Å². The van der Waals surface area contributed by atoms with Crippen LogP contribution in [0, 0.1) is 0 Å². The molecular formula is C21H21N5O. The Kier molecular flexibility index (Phi) is 4.96. The van der Waals surface area contributed by atoms with E-state index in [0.717, 1.165) is 22.6 Å². The van der Waals surface area contributed by atoms with Crippen molar-refractivity contribution in [3.05, 3.63) is 78.1 Å². The fourth-order valence-electron chi connectivity index (χ4n) is 3.08. The molecule has 3 aromatic rings. The van der Waals surface area contributed by atoms with E-state index in [0.29, 0.717) is 32.0 Å². The highest BCUT2D eigenvalue weighted by molar-refractivity contribution is 5.79. The van der Waals surface area contributed by atoms with E-state index in [1.54, 1.807) is 6.20 Å². The first-order chi connectivity index (χ1) is 13.3. The van der Waals surface area contributed by atoms with Crippen LogP contribution in [0.25, 0.3) is 0 Å². The van der Waals surface area contributed by atoms with Crippen molar-refractivity contribution in [1.82, 2.24) is 14.9 Å². The summed E-state index contributed by atoms with van der Waals surface area (Å²) in [5, 5.41) is 6.52. The molecule has 1 aliphatic heterocycles. The van der Waals surface area contributed by atoms with Gasteiger partial charge >= 0.3 is 0 Å². The summed E-state index contributed by atoms with van der Waals surface area (Å²) >= 11 is 0. The van der Waals surface area contributed by atoms with Gasteiger partial charge in [-0.15, -0.1) is 0 Å². The number of hydrogen-bond donors (Lipinski definition) is 2. The number of nitrogens with one attached hydrogen (secondary N) is 2. The molecule has 2 heterocycles. The zero-order valence-corrected chi connectivity index (χ0v) is 14.9. The Bertz CT molecular complexity index is 914. The van der Waals surface area contributed by atoms with Crippen molar-refractivity contribution in [3.8, 4) is 0 Å². The predicted octanol–water partition coefficient (Wildman–Crippen LogP) is 3.22. The van der Waals surface area contributed by atoms with Crippen LogP contribution in [0.3, 0.4) is 0 Å². The summed E-state index contributed by atoms with van der Waals surface area (Å²) in [6.07, 6.45) is 2.18. The lowest BCUT2D eigenvalue weighted by Crippen LogP contribution is -2.34. The number of benzene rings is 2. The van der Waals surface area contributed by atoms with Crippen molar-refractivity contribution in [2.24, 2.45) is 0 Å². The first-order valence-corrected chi connectivity index (χ1v) is 9.01. The second kappa shape index (κ2) is 7.86. The minimum atomic E-state index is 0.104. The highest BCUT2D eigenvalue weighted by Gasteiger charge is 2.20. The van der Waals surface area contributed by atoms with E-state index >= 15 is 0 Å². The van der Waals surface area contributed by atoms with Gasteiger partial charge in [0.15, 0.2) is 0 Å². The number of nitrogens with zero attached hydrogens (tertiary/aromatic N) is 3. The van der Waals surface area contributed by atoms with Crippen molar-refractivity contribution in [2.75, 3.05) is 23.7 Å². The zero-order valence-electron chi connectivity index (χ0n) is 14.9. The van der Waals surface area contributed by atoms with Gasteiger partial charge in [-0.25, -0.2) is 9.97 Å². The lowest BCUT2D eigenvalue weighted by Gasteiger charge is -2.20. The van der Waals surface area contributed by atoms with E-state index in [4.69, 9.17) is 0 Å². The third-order valence-corrected chi connectivity index (χ3v) is 4.49. The van der Waals surface area contributed by atoms with Crippen LogP contribution in [-0.2, 0) is 17.8 Å². The van der Waals surface area contributed by atoms with E-state index in [2.05, 4.69) is 20.6 Å². The third kappa shape index (κ3) is 4.23. The number of rotatable bonds is 4. The summed E-state index contributed by atoms with van der Waals surface area (Å²) in [5.41, 5.74) is 3.65. The number of fused-ring (bicyclic) bond motifs is 1. The van der Waals surface area contributed by atoms with Crippen molar-refractivity contribution >= 4 is 23.2 Å². The van der Waals surface area contributed by atoms with Gasteiger partial charge in [-0.1, -0.05) is 48.5 Å². The molecule has 136 valence electrons. The maximum atomic E-state index is 12.7. The molecule has 0 fully saturated rings. The van der Waals surface area contributed by atoms with Gasteiger partial charge in [-0.3, -0.25) is 4.79 Å². The molecule has 6 nitrogen and oxygen atoms in total. The van der Waals surface area contributed by atoms with Crippen LogP contribution in [0.4, 0.5) is 17.3 Å². The van der Waals surface area contributed by atoms with Crippen LogP contribution in [0.2, 0.25) is 0 Å². The van der Waals surface area contributed by atoms with E-state index in [1.807, 2.05) is 65.6 Å². The van der Waals surface area contributed by atoms with Crippen molar-refractivity contribution in [3.63, 3.8) is 0 Å². The van der Waals surface area contributed by atoms with Gasteiger partial charge in [-0.2, -0.15) is 0 Å². The summed E-state index contributed by atoms with van der Waals surface area (Å²) in [6.45, 7) is 1.80. The highest BCUT2D eigenvalue weighted by Crippen LogP contribution is 2.21. The first-order valence-electron chi connectivity index (χ1n) is 9.01. The molecule has 0 radical (unpaired) electrons. The van der Waals surface area contributed by atoms with E-state index in [9.17, 15) is 4.79 Å². The molecule has 0 saturated heterocycles. The number of para-hydroxylation sites is 1. The molecule has 1 aromatic heterocycles. The van der Waals surface area contributed by atoms with Gasteiger partial charge in [0, 0.05) is 18.8 Å². The Morgan fingerprint density at radius 1 is 1.07 bits per heavy atom. The maximum Gasteiger partial charge on any atom is 0.227 e. The molecule has 2 aromatic carbocycles. The van der Waals surface area contributed by atoms with Crippen LogP contribution < -0.4 is 10.6 Å². The standard InChI is InChI=1S/C21H21N5O/c27-20(13-16-7-3-1-4-8-16)26-12-11-22-18-14-23-21(25-19(18)15-26)24-17-9-5-2-6-10-17/h1-10,14,22H,11-13,15H2,(H,23,24,25). The monoisotopic (exact) mass is 359 g/mol. The van der Waals surface area contributed by atoms with Gasteiger partial charge in [0.2, 0.25) is 11.9 Å². The number of amides is 1. The van der Waals surface area contributed by atoms with Gasteiger partial charge in [-0.05, 0) is 17.7 Å². The number of carbonyl (C=O) groups excluding carboxylic acids is 1. The molecule has 0 atom stereocenters. The summed E-state index contributed by atoms with van der Waals surface area (Å²) < 4.78 is 0. The molecule has 0 unspecified atom stereocenters.